The molecule has 7 nitrogen and oxygen atoms in total. The first kappa shape index (κ1) is 24.3. The number of ether oxygens (including phenoxy) is 2. The molecule has 11 heteroatoms. The van der Waals surface area contributed by atoms with E-state index >= 15 is 0 Å². The van der Waals surface area contributed by atoms with Gasteiger partial charge >= 0.3 is 12.3 Å². The molecule has 0 unspecified atom stereocenters. The maximum absolute atomic E-state index is 12.4. The first-order chi connectivity index (χ1) is 15.4. The second kappa shape index (κ2) is 9.65. The average molecular weight is 483 g/mol. The van der Waals surface area contributed by atoms with E-state index < -0.39 is 40.5 Å². The van der Waals surface area contributed by atoms with Crippen LogP contribution in [0.5, 0.6) is 5.75 Å². The molecule has 0 saturated heterocycles. The van der Waals surface area contributed by atoms with Crippen LogP contribution in [0.25, 0.3) is 6.08 Å². The summed E-state index contributed by atoms with van der Waals surface area (Å²) in [7, 11) is -3.42. The van der Waals surface area contributed by atoms with E-state index in [0.29, 0.717) is 36.2 Å². The zero-order chi connectivity index (χ0) is 24.2. The lowest BCUT2D eigenvalue weighted by Crippen LogP contribution is -2.34. The molecule has 0 aromatic heterocycles. The lowest BCUT2D eigenvalue weighted by Gasteiger charge is -2.29. The molecule has 0 aliphatic carbocycles. The van der Waals surface area contributed by atoms with Gasteiger partial charge in [0, 0.05) is 18.2 Å². The van der Waals surface area contributed by atoms with Crippen LogP contribution in [0.4, 0.5) is 18.9 Å². The highest BCUT2D eigenvalue weighted by Crippen LogP contribution is 2.30. The first-order valence-corrected chi connectivity index (χ1v) is 11.6. The molecule has 0 atom stereocenters. The fourth-order valence-corrected chi connectivity index (χ4v) is 4.29. The van der Waals surface area contributed by atoms with Crippen LogP contribution in [0.2, 0.25) is 0 Å². The summed E-state index contributed by atoms with van der Waals surface area (Å²) in [5, 5.41) is 0. The van der Waals surface area contributed by atoms with Crippen LogP contribution in [0.15, 0.2) is 48.5 Å². The minimum Gasteiger partial charge on any atom is -0.454 e. The smallest absolute Gasteiger partial charge is 0.454 e. The predicted molar refractivity (Wildman–Crippen MR) is 114 cm³/mol. The zero-order valence-electron chi connectivity index (χ0n) is 17.5. The Bertz CT molecular complexity index is 1170. The Labute approximate surface area is 188 Å². The number of benzene rings is 2. The van der Waals surface area contributed by atoms with Crippen LogP contribution in [0.3, 0.4) is 0 Å². The number of halogens is 3. The fourth-order valence-electron chi connectivity index (χ4n) is 3.29. The molecule has 0 saturated carbocycles. The van der Waals surface area contributed by atoms with E-state index in [2.05, 4.69) is 4.74 Å². The van der Waals surface area contributed by atoms with Crippen molar-refractivity contribution >= 4 is 33.5 Å². The average Bonchev–Trinajstić information content (AvgIpc) is 2.74. The van der Waals surface area contributed by atoms with Crippen molar-refractivity contribution in [2.24, 2.45) is 0 Å². The molecule has 3 rings (SSSR count). The summed E-state index contributed by atoms with van der Waals surface area (Å²) >= 11 is 0. The standard InChI is InChI=1S/C22H20F3NO6S/c1-33(29,30)26-12-2-3-16-13-17(7-10-19(16)26)20(27)14-31-21(28)11-6-15-4-8-18(9-5-15)32-22(23,24)25/h4-11,13H,2-3,12,14H2,1H3/b11-6+. The number of sulfonamides is 1. The Balaban J connectivity index is 1.57. The van der Waals surface area contributed by atoms with Crippen LogP contribution in [0, 0.1) is 0 Å². The second-order valence-electron chi connectivity index (χ2n) is 7.26. The van der Waals surface area contributed by atoms with Gasteiger partial charge in [0.25, 0.3) is 0 Å². The third kappa shape index (κ3) is 6.82. The summed E-state index contributed by atoms with van der Waals surface area (Å²) in [6, 6.07) is 9.50. The number of aryl methyl sites for hydroxylation is 1. The Morgan fingerprint density at radius 2 is 1.82 bits per heavy atom. The molecule has 2 aromatic carbocycles. The number of rotatable bonds is 7. The predicted octanol–water partition coefficient (Wildman–Crippen LogP) is 3.74. The first-order valence-electron chi connectivity index (χ1n) is 9.77. The topological polar surface area (TPSA) is 90.0 Å². The molecule has 1 aliphatic heterocycles. The lowest BCUT2D eigenvalue weighted by molar-refractivity contribution is -0.274. The fraction of sp³-hybridized carbons (Fsp3) is 0.273. The highest BCUT2D eigenvalue weighted by molar-refractivity contribution is 7.92. The summed E-state index contributed by atoms with van der Waals surface area (Å²) in [4.78, 5) is 24.3. The zero-order valence-corrected chi connectivity index (χ0v) is 18.3. The van der Waals surface area contributed by atoms with Crippen molar-refractivity contribution < 1.29 is 40.7 Å². The van der Waals surface area contributed by atoms with Gasteiger partial charge in [-0.25, -0.2) is 13.2 Å². The van der Waals surface area contributed by atoms with E-state index in [-0.39, 0.29) is 0 Å². The quantitative estimate of drug-likeness (QED) is 0.339. The van der Waals surface area contributed by atoms with E-state index in [1.165, 1.54) is 28.6 Å². The summed E-state index contributed by atoms with van der Waals surface area (Å²) < 4.78 is 70.3. The second-order valence-corrected chi connectivity index (χ2v) is 9.17. The molecule has 0 spiro atoms. The van der Waals surface area contributed by atoms with Gasteiger partial charge in [0.2, 0.25) is 10.0 Å². The number of carbonyl (C=O) groups excluding carboxylic acids is 2. The number of nitrogens with zero attached hydrogens (tertiary/aromatic N) is 1. The Morgan fingerprint density at radius 3 is 2.45 bits per heavy atom. The summed E-state index contributed by atoms with van der Waals surface area (Å²) in [6.07, 6.45) is -0.0527. The SMILES string of the molecule is CS(=O)(=O)N1CCCc2cc(C(=O)COC(=O)/C=C/c3ccc(OC(F)(F)F)cc3)ccc21. The Kier molecular flexibility index (Phi) is 7.11. The molecule has 0 fully saturated rings. The van der Waals surface area contributed by atoms with Gasteiger partial charge < -0.3 is 9.47 Å². The van der Waals surface area contributed by atoms with Gasteiger partial charge in [-0.2, -0.15) is 0 Å². The van der Waals surface area contributed by atoms with Crippen molar-refractivity contribution in [1.29, 1.82) is 0 Å². The van der Waals surface area contributed by atoms with Crippen molar-refractivity contribution in [2.45, 2.75) is 19.2 Å². The van der Waals surface area contributed by atoms with E-state index in [4.69, 9.17) is 4.74 Å². The van der Waals surface area contributed by atoms with Crippen LogP contribution in [-0.4, -0.2) is 45.9 Å². The van der Waals surface area contributed by atoms with Gasteiger partial charge in [-0.1, -0.05) is 12.1 Å². The molecule has 1 heterocycles. The van der Waals surface area contributed by atoms with E-state index in [1.54, 1.807) is 12.1 Å². The molecule has 0 radical (unpaired) electrons. The number of carbonyl (C=O) groups is 2. The Hall–Kier alpha value is -3.34. The third-order valence-electron chi connectivity index (χ3n) is 4.75. The van der Waals surface area contributed by atoms with Gasteiger partial charge in [0.05, 0.1) is 11.9 Å². The molecule has 0 amide bonds. The molecule has 1 aliphatic rings. The molecule has 33 heavy (non-hydrogen) atoms. The number of alkyl halides is 3. The number of fused-ring (bicyclic) bond motifs is 1. The van der Waals surface area contributed by atoms with E-state index in [0.717, 1.165) is 30.0 Å². The Morgan fingerprint density at radius 1 is 1.12 bits per heavy atom. The largest absolute Gasteiger partial charge is 0.573 e. The molecular formula is C22H20F3NO6S. The molecule has 0 N–H and O–H groups in total. The summed E-state index contributed by atoms with van der Waals surface area (Å²) in [5.74, 6) is -1.65. The number of hydrogen-bond donors (Lipinski definition) is 0. The maximum Gasteiger partial charge on any atom is 0.573 e. The monoisotopic (exact) mass is 483 g/mol. The van der Waals surface area contributed by atoms with Gasteiger partial charge in [-0.05, 0) is 60.4 Å². The van der Waals surface area contributed by atoms with Gasteiger partial charge in [0.1, 0.15) is 5.75 Å². The molecule has 0 bridgehead atoms. The number of hydrogen-bond acceptors (Lipinski definition) is 6. The molecular weight excluding hydrogens is 463 g/mol. The minimum absolute atomic E-state index is 0.293. The van der Waals surface area contributed by atoms with Crippen molar-refractivity contribution in [3.8, 4) is 5.75 Å². The normalized spacial score (nSPS) is 14.1. The number of anilines is 1. The molecule has 2 aromatic rings. The van der Waals surface area contributed by atoms with Crippen LogP contribution >= 0.6 is 0 Å². The van der Waals surface area contributed by atoms with Crippen molar-refractivity contribution in [3.05, 3.63) is 65.2 Å². The van der Waals surface area contributed by atoms with E-state index in [9.17, 15) is 31.2 Å². The van der Waals surface area contributed by atoms with Crippen molar-refractivity contribution in [2.75, 3.05) is 23.7 Å². The summed E-state index contributed by atoms with van der Waals surface area (Å²) in [6.45, 7) is -0.142. The minimum atomic E-state index is -4.79. The maximum atomic E-state index is 12.4. The number of Topliss-reactive ketones (excluding diaryl/α,β-unsaturated/α-hetero) is 1. The number of esters is 1. The van der Waals surface area contributed by atoms with Gasteiger partial charge in [-0.3, -0.25) is 9.10 Å². The van der Waals surface area contributed by atoms with Crippen LogP contribution in [0.1, 0.15) is 27.9 Å². The highest BCUT2D eigenvalue weighted by atomic mass is 32.2. The summed E-state index contributed by atoms with van der Waals surface area (Å²) in [5.41, 5.74) is 1.98. The lowest BCUT2D eigenvalue weighted by atomic mass is 9.99. The van der Waals surface area contributed by atoms with Crippen LogP contribution < -0.4 is 9.04 Å². The van der Waals surface area contributed by atoms with Gasteiger partial charge in [0.15, 0.2) is 12.4 Å². The molecule has 176 valence electrons. The van der Waals surface area contributed by atoms with Crippen molar-refractivity contribution in [1.82, 2.24) is 0 Å². The van der Waals surface area contributed by atoms with E-state index in [1.807, 2.05) is 0 Å². The van der Waals surface area contributed by atoms with Crippen LogP contribution in [-0.2, 0) is 26.0 Å². The van der Waals surface area contributed by atoms with Crippen molar-refractivity contribution in [3.63, 3.8) is 0 Å². The third-order valence-corrected chi connectivity index (χ3v) is 5.93. The highest BCUT2D eigenvalue weighted by Gasteiger charge is 2.31. The number of ketones is 1. The van der Waals surface area contributed by atoms with Gasteiger partial charge in [-0.15, -0.1) is 13.2 Å².